The molecule has 0 spiro atoms. The quantitative estimate of drug-likeness (QED) is 0.857. The van der Waals surface area contributed by atoms with Crippen LogP contribution in [0.5, 0.6) is 0 Å². The predicted octanol–water partition coefficient (Wildman–Crippen LogP) is 2.27. The van der Waals surface area contributed by atoms with Crippen molar-refractivity contribution >= 4 is 18.3 Å². The molecule has 0 fully saturated rings. The highest BCUT2D eigenvalue weighted by atomic mass is 35.5. The molecular formula is C16H23ClN4O. The van der Waals surface area contributed by atoms with Gasteiger partial charge in [-0.15, -0.1) is 12.4 Å². The van der Waals surface area contributed by atoms with Crippen molar-refractivity contribution < 1.29 is 4.79 Å². The van der Waals surface area contributed by atoms with Crippen LogP contribution in [0.2, 0.25) is 0 Å². The number of carbonyl (C=O) groups is 1. The van der Waals surface area contributed by atoms with Crippen molar-refractivity contribution in [2.75, 3.05) is 6.54 Å². The molecule has 120 valence electrons. The molecule has 0 saturated carbocycles. The van der Waals surface area contributed by atoms with Crippen LogP contribution in [-0.2, 0) is 11.3 Å². The van der Waals surface area contributed by atoms with Gasteiger partial charge in [0.1, 0.15) is 0 Å². The number of nitrogens with one attached hydrogen (secondary N) is 1. The van der Waals surface area contributed by atoms with Crippen LogP contribution < -0.4 is 11.1 Å². The molecule has 6 heteroatoms. The van der Waals surface area contributed by atoms with Crippen molar-refractivity contribution in [2.24, 2.45) is 5.73 Å². The molecule has 0 saturated heterocycles. The third-order valence-electron chi connectivity index (χ3n) is 3.51. The summed E-state index contributed by atoms with van der Waals surface area (Å²) in [6.07, 6.45) is 1.19. The topological polar surface area (TPSA) is 72.9 Å². The molecule has 1 heterocycles. The minimum absolute atomic E-state index is 0. The predicted molar refractivity (Wildman–Crippen MR) is 90.4 cm³/mol. The summed E-state index contributed by atoms with van der Waals surface area (Å²) >= 11 is 0. The minimum atomic E-state index is 0. The minimum Gasteiger partial charge on any atom is -0.352 e. The zero-order valence-corrected chi connectivity index (χ0v) is 13.8. The van der Waals surface area contributed by atoms with Crippen molar-refractivity contribution in [3.8, 4) is 5.69 Å². The molecule has 1 aromatic carbocycles. The Kier molecular flexibility index (Phi) is 7.08. The van der Waals surface area contributed by atoms with E-state index in [9.17, 15) is 4.79 Å². The summed E-state index contributed by atoms with van der Waals surface area (Å²) < 4.78 is 1.91. The van der Waals surface area contributed by atoms with E-state index in [4.69, 9.17) is 5.73 Å². The molecule has 3 N–H and O–H groups in total. The number of hydrogen-bond donors (Lipinski definition) is 2. The molecule has 2 aromatic rings. The molecule has 22 heavy (non-hydrogen) atoms. The molecule has 0 aliphatic heterocycles. The highest BCUT2D eigenvalue weighted by Crippen LogP contribution is 2.17. The van der Waals surface area contributed by atoms with Crippen LogP contribution in [0.1, 0.15) is 29.8 Å². The molecule has 5 nitrogen and oxygen atoms in total. The van der Waals surface area contributed by atoms with E-state index in [-0.39, 0.29) is 18.3 Å². The maximum atomic E-state index is 11.7. The smallest absolute Gasteiger partial charge is 0.220 e. The first kappa shape index (κ1) is 18.2. The Balaban J connectivity index is 0.00000242. The Hall–Kier alpha value is -1.85. The highest BCUT2D eigenvalue weighted by molar-refractivity contribution is 5.85. The van der Waals surface area contributed by atoms with Gasteiger partial charge >= 0.3 is 0 Å². The van der Waals surface area contributed by atoms with Crippen LogP contribution in [-0.4, -0.2) is 22.2 Å². The van der Waals surface area contributed by atoms with Crippen molar-refractivity contribution in [1.29, 1.82) is 0 Å². The molecule has 0 radical (unpaired) electrons. The second kappa shape index (κ2) is 8.56. The van der Waals surface area contributed by atoms with E-state index in [1.807, 2.05) is 48.9 Å². The van der Waals surface area contributed by atoms with Crippen molar-refractivity contribution in [1.82, 2.24) is 15.1 Å². The first-order chi connectivity index (χ1) is 10.1. The Bertz CT molecular complexity index is 610. The summed E-state index contributed by atoms with van der Waals surface area (Å²) in [5, 5.41) is 7.50. The number of nitrogens with zero attached hydrogens (tertiary/aromatic N) is 2. The van der Waals surface area contributed by atoms with Gasteiger partial charge < -0.3 is 11.1 Å². The third kappa shape index (κ3) is 4.32. The fourth-order valence-electron chi connectivity index (χ4n) is 2.29. The number of benzene rings is 1. The number of halogens is 1. The van der Waals surface area contributed by atoms with E-state index < -0.39 is 0 Å². The van der Waals surface area contributed by atoms with Crippen molar-refractivity contribution in [2.45, 2.75) is 33.2 Å². The Morgan fingerprint density at radius 3 is 2.59 bits per heavy atom. The van der Waals surface area contributed by atoms with Gasteiger partial charge in [0, 0.05) is 24.2 Å². The number of nitrogens with two attached hydrogens (primary N) is 1. The first-order valence-corrected chi connectivity index (χ1v) is 7.20. The largest absolute Gasteiger partial charge is 0.352 e. The SMILES string of the molecule is Cc1nn(-c2ccccc2)c(C)c1CNC(=O)CCCN.Cl. The van der Waals surface area contributed by atoms with Gasteiger partial charge in [0.15, 0.2) is 0 Å². The van der Waals surface area contributed by atoms with E-state index in [2.05, 4.69) is 10.4 Å². The second-order valence-electron chi connectivity index (χ2n) is 5.07. The Labute approximate surface area is 137 Å². The molecular weight excluding hydrogens is 300 g/mol. The maximum Gasteiger partial charge on any atom is 0.220 e. The number of amides is 1. The van der Waals surface area contributed by atoms with Gasteiger partial charge in [-0.25, -0.2) is 4.68 Å². The van der Waals surface area contributed by atoms with Gasteiger partial charge in [0.05, 0.1) is 11.4 Å². The molecule has 1 aromatic heterocycles. The van der Waals surface area contributed by atoms with Gasteiger partial charge in [-0.1, -0.05) is 18.2 Å². The lowest BCUT2D eigenvalue weighted by Gasteiger charge is -2.07. The number of aromatic nitrogens is 2. The van der Waals surface area contributed by atoms with E-state index in [1.54, 1.807) is 0 Å². The Morgan fingerprint density at radius 2 is 1.95 bits per heavy atom. The second-order valence-corrected chi connectivity index (χ2v) is 5.07. The molecule has 0 atom stereocenters. The lowest BCUT2D eigenvalue weighted by molar-refractivity contribution is -0.121. The van der Waals surface area contributed by atoms with Gasteiger partial charge in [0.25, 0.3) is 0 Å². The molecule has 1 amide bonds. The molecule has 0 aliphatic rings. The fraction of sp³-hybridized carbons (Fsp3) is 0.375. The molecule has 0 bridgehead atoms. The summed E-state index contributed by atoms with van der Waals surface area (Å²) in [5.74, 6) is 0.0340. The molecule has 0 aliphatic carbocycles. The normalized spacial score (nSPS) is 10.1. The summed E-state index contributed by atoms with van der Waals surface area (Å²) in [6.45, 7) is 5.04. The molecule has 0 unspecified atom stereocenters. The number of carbonyl (C=O) groups excluding carboxylic acids is 1. The van der Waals surface area contributed by atoms with Crippen molar-refractivity contribution in [3.63, 3.8) is 0 Å². The number of hydrogen-bond acceptors (Lipinski definition) is 3. The average Bonchev–Trinajstić information content (AvgIpc) is 2.79. The summed E-state index contributed by atoms with van der Waals surface area (Å²) in [6, 6.07) is 9.99. The van der Waals surface area contributed by atoms with E-state index >= 15 is 0 Å². The van der Waals surface area contributed by atoms with E-state index in [0.29, 0.717) is 25.9 Å². The number of rotatable bonds is 6. The van der Waals surface area contributed by atoms with Crippen LogP contribution in [0, 0.1) is 13.8 Å². The van der Waals surface area contributed by atoms with Crippen LogP contribution in [0.25, 0.3) is 5.69 Å². The zero-order valence-electron chi connectivity index (χ0n) is 13.0. The first-order valence-electron chi connectivity index (χ1n) is 7.20. The monoisotopic (exact) mass is 322 g/mol. The zero-order chi connectivity index (χ0) is 15.2. The number of para-hydroxylation sites is 1. The van der Waals surface area contributed by atoms with Crippen LogP contribution >= 0.6 is 12.4 Å². The summed E-state index contributed by atoms with van der Waals surface area (Å²) in [5.41, 5.74) is 9.50. The fourth-order valence-corrected chi connectivity index (χ4v) is 2.29. The van der Waals surface area contributed by atoms with Gasteiger partial charge in [-0.3, -0.25) is 4.79 Å². The summed E-state index contributed by atoms with van der Waals surface area (Å²) in [4.78, 5) is 11.7. The lowest BCUT2D eigenvalue weighted by atomic mass is 10.2. The van der Waals surface area contributed by atoms with Crippen molar-refractivity contribution in [3.05, 3.63) is 47.3 Å². The van der Waals surface area contributed by atoms with Crippen LogP contribution in [0.3, 0.4) is 0 Å². The lowest BCUT2D eigenvalue weighted by Crippen LogP contribution is -2.23. The van der Waals surface area contributed by atoms with Gasteiger partial charge in [-0.05, 0) is 38.9 Å². The summed E-state index contributed by atoms with van der Waals surface area (Å²) in [7, 11) is 0. The van der Waals surface area contributed by atoms with E-state index in [1.165, 1.54) is 0 Å². The highest BCUT2D eigenvalue weighted by Gasteiger charge is 2.13. The standard InChI is InChI=1S/C16H22N4O.ClH/c1-12-15(11-18-16(21)9-6-10-17)13(2)20(19-12)14-7-4-3-5-8-14;/h3-5,7-8H,6,9-11,17H2,1-2H3,(H,18,21);1H. The third-order valence-corrected chi connectivity index (χ3v) is 3.51. The van der Waals surface area contributed by atoms with E-state index in [0.717, 1.165) is 22.6 Å². The Morgan fingerprint density at radius 1 is 1.27 bits per heavy atom. The maximum absolute atomic E-state index is 11.7. The molecule has 2 rings (SSSR count). The van der Waals surface area contributed by atoms with Crippen LogP contribution in [0.15, 0.2) is 30.3 Å². The van der Waals surface area contributed by atoms with Gasteiger partial charge in [-0.2, -0.15) is 5.10 Å². The number of aryl methyl sites for hydroxylation is 1. The average molecular weight is 323 g/mol. The van der Waals surface area contributed by atoms with Gasteiger partial charge in [0.2, 0.25) is 5.91 Å². The van der Waals surface area contributed by atoms with Crippen LogP contribution in [0.4, 0.5) is 0 Å².